The molecule has 0 aliphatic heterocycles. The van der Waals surface area contributed by atoms with Crippen LogP contribution in [0.3, 0.4) is 0 Å². The van der Waals surface area contributed by atoms with Crippen LogP contribution < -0.4 is 0 Å². The maximum absolute atomic E-state index is 10.6. The van der Waals surface area contributed by atoms with Crippen molar-refractivity contribution >= 4 is 11.6 Å². The second kappa shape index (κ2) is 5.12. The first-order chi connectivity index (χ1) is 10.4. The van der Waals surface area contributed by atoms with Crippen molar-refractivity contribution in [2.24, 2.45) is 40.4 Å². The maximum atomic E-state index is 10.6. The van der Waals surface area contributed by atoms with E-state index in [9.17, 15) is 5.11 Å². The lowest BCUT2D eigenvalue weighted by molar-refractivity contribution is -0.125. The van der Waals surface area contributed by atoms with Crippen molar-refractivity contribution in [3.8, 4) is 0 Å². The molecule has 0 aromatic carbocycles. The standard InChI is InChI=1S/C20H33ClO/c1-12-6-8-19(2)13(10-12)4-5-14-15(19)7-9-20(3)16(14)11-17(21)18(20)22/h12-18,22H,4-11H2,1-3H3/t12?,13?,14-,15-,16+,17?,18?,19+,20+/m1/s1. The molecule has 4 aliphatic rings. The Morgan fingerprint density at radius 1 is 0.909 bits per heavy atom. The fourth-order valence-corrected chi connectivity index (χ4v) is 7.90. The third-order valence-electron chi connectivity index (χ3n) is 8.86. The molecular formula is C20H33ClO. The van der Waals surface area contributed by atoms with Gasteiger partial charge in [0.25, 0.3) is 0 Å². The topological polar surface area (TPSA) is 20.2 Å². The molecule has 0 heterocycles. The maximum Gasteiger partial charge on any atom is 0.0760 e. The minimum absolute atomic E-state index is 0.00865. The predicted molar refractivity (Wildman–Crippen MR) is 91.9 cm³/mol. The summed E-state index contributed by atoms with van der Waals surface area (Å²) in [6.07, 6.45) is 10.5. The normalized spacial score (nSPS) is 61.2. The largest absolute Gasteiger partial charge is 0.391 e. The molecule has 0 saturated heterocycles. The first-order valence-corrected chi connectivity index (χ1v) is 10.1. The van der Waals surface area contributed by atoms with Gasteiger partial charge in [-0.1, -0.05) is 27.2 Å². The summed E-state index contributed by atoms with van der Waals surface area (Å²) in [5.74, 6) is 4.28. The quantitative estimate of drug-likeness (QED) is 0.604. The number of aliphatic hydroxyl groups excluding tert-OH is 1. The molecule has 1 nitrogen and oxygen atoms in total. The van der Waals surface area contributed by atoms with Crippen molar-refractivity contribution < 1.29 is 5.11 Å². The molecule has 4 fully saturated rings. The fourth-order valence-electron chi connectivity index (χ4n) is 7.42. The van der Waals surface area contributed by atoms with Crippen LogP contribution in [0.2, 0.25) is 0 Å². The lowest BCUT2D eigenvalue weighted by Crippen LogP contribution is -2.53. The summed E-state index contributed by atoms with van der Waals surface area (Å²) in [5, 5.41) is 10.6. The van der Waals surface area contributed by atoms with Crippen molar-refractivity contribution in [3.63, 3.8) is 0 Å². The molecule has 4 unspecified atom stereocenters. The first-order valence-electron chi connectivity index (χ1n) is 9.68. The zero-order valence-corrected chi connectivity index (χ0v) is 15.3. The van der Waals surface area contributed by atoms with Gasteiger partial charge in [0.05, 0.1) is 11.5 Å². The van der Waals surface area contributed by atoms with Gasteiger partial charge in [0.1, 0.15) is 0 Å². The van der Waals surface area contributed by atoms with E-state index in [1.54, 1.807) is 0 Å². The third-order valence-corrected chi connectivity index (χ3v) is 9.28. The molecule has 2 heteroatoms. The second-order valence-corrected chi connectivity index (χ2v) is 10.3. The van der Waals surface area contributed by atoms with E-state index < -0.39 is 0 Å². The van der Waals surface area contributed by atoms with Crippen LogP contribution in [0, 0.1) is 40.4 Å². The third kappa shape index (κ3) is 2.00. The molecular weight excluding hydrogens is 292 g/mol. The van der Waals surface area contributed by atoms with Gasteiger partial charge in [0.2, 0.25) is 0 Å². The number of hydrogen-bond acceptors (Lipinski definition) is 1. The summed E-state index contributed by atoms with van der Waals surface area (Å²) < 4.78 is 0. The Morgan fingerprint density at radius 3 is 2.41 bits per heavy atom. The average molecular weight is 325 g/mol. The van der Waals surface area contributed by atoms with Crippen LogP contribution in [0.25, 0.3) is 0 Å². The van der Waals surface area contributed by atoms with E-state index in [0.29, 0.717) is 11.3 Å². The van der Waals surface area contributed by atoms with Crippen LogP contribution >= 0.6 is 11.6 Å². The highest BCUT2D eigenvalue weighted by atomic mass is 35.5. The van der Waals surface area contributed by atoms with Gasteiger partial charge in [0.15, 0.2) is 0 Å². The number of rotatable bonds is 0. The molecule has 0 amide bonds. The van der Waals surface area contributed by atoms with E-state index in [0.717, 1.165) is 30.1 Å². The average Bonchev–Trinajstić information content (AvgIpc) is 2.72. The highest BCUT2D eigenvalue weighted by Gasteiger charge is 2.61. The van der Waals surface area contributed by atoms with Crippen molar-refractivity contribution in [3.05, 3.63) is 0 Å². The van der Waals surface area contributed by atoms with Crippen LogP contribution in [-0.2, 0) is 0 Å². The molecule has 1 N–H and O–H groups in total. The van der Waals surface area contributed by atoms with Crippen LogP contribution in [0.15, 0.2) is 0 Å². The minimum atomic E-state index is -0.281. The van der Waals surface area contributed by atoms with Gasteiger partial charge >= 0.3 is 0 Å². The van der Waals surface area contributed by atoms with Crippen molar-refractivity contribution in [2.75, 3.05) is 0 Å². The van der Waals surface area contributed by atoms with E-state index in [2.05, 4.69) is 20.8 Å². The van der Waals surface area contributed by atoms with Gasteiger partial charge in [-0.2, -0.15) is 0 Å². The van der Waals surface area contributed by atoms with Gasteiger partial charge in [0, 0.05) is 0 Å². The Hall–Kier alpha value is 0.250. The van der Waals surface area contributed by atoms with E-state index in [1.165, 1.54) is 44.9 Å². The molecule has 126 valence electrons. The molecule has 9 atom stereocenters. The molecule has 4 rings (SSSR count). The van der Waals surface area contributed by atoms with Gasteiger partial charge in [-0.05, 0) is 85.4 Å². The summed E-state index contributed by atoms with van der Waals surface area (Å²) in [7, 11) is 0. The Kier molecular flexibility index (Phi) is 3.67. The zero-order chi connectivity index (χ0) is 15.7. The fraction of sp³-hybridized carbons (Fsp3) is 1.00. The molecule has 0 spiro atoms. The van der Waals surface area contributed by atoms with Crippen LogP contribution in [0.4, 0.5) is 0 Å². The van der Waals surface area contributed by atoms with Gasteiger partial charge < -0.3 is 5.11 Å². The Balaban J connectivity index is 1.63. The highest BCUT2D eigenvalue weighted by molar-refractivity contribution is 6.21. The Bertz CT molecular complexity index is 451. The van der Waals surface area contributed by atoms with Crippen molar-refractivity contribution in [2.45, 2.75) is 83.6 Å². The molecule has 22 heavy (non-hydrogen) atoms. The van der Waals surface area contributed by atoms with Crippen molar-refractivity contribution in [1.29, 1.82) is 0 Å². The van der Waals surface area contributed by atoms with E-state index in [4.69, 9.17) is 11.6 Å². The molecule has 4 aliphatic carbocycles. The van der Waals surface area contributed by atoms with Crippen LogP contribution in [0.1, 0.15) is 72.1 Å². The SMILES string of the molecule is CC1CC[C@@]2(C)C(CC[C@@H]3[C@H]2CC[C@]2(C)C(O)C(Cl)C[C@@H]32)C1. The smallest absolute Gasteiger partial charge is 0.0760 e. The van der Waals surface area contributed by atoms with Crippen molar-refractivity contribution in [1.82, 2.24) is 0 Å². The van der Waals surface area contributed by atoms with Gasteiger partial charge in [-0.15, -0.1) is 11.6 Å². The molecule has 0 bridgehead atoms. The van der Waals surface area contributed by atoms with Gasteiger partial charge in [-0.25, -0.2) is 0 Å². The minimum Gasteiger partial charge on any atom is -0.391 e. The summed E-state index contributed by atoms with van der Waals surface area (Å²) in [4.78, 5) is 0. The summed E-state index contributed by atoms with van der Waals surface area (Å²) in [5.41, 5.74) is 0.671. The highest BCUT2D eigenvalue weighted by Crippen LogP contribution is 2.66. The van der Waals surface area contributed by atoms with E-state index in [-0.39, 0.29) is 16.9 Å². The Labute approximate surface area is 141 Å². The number of halogens is 1. The summed E-state index contributed by atoms with van der Waals surface area (Å²) in [6.45, 7) is 7.40. The van der Waals surface area contributed by atoms with Crippen LogP contribution in [0.5, 0.6) is 0 Å². The first kappa shape index (κ1) is 15.8. The Morgan fingerprint density at radius 2 is 1.64 bits per heavy atom. The second-order valence-electron chi connectivity index (χ2n) is 9.78. The molecule has 0 aromatic rings. The molecule has 4 saturated carbocycles. The lowest BCUT2D eigenvalue weighted by atomic mass is 9.44. The van der Waals surface area contributed by atoms with Gasteiger partial charge in [-0.3, -0.25) is 0 Å². The van der Waals surface area contributed by atoms with E-state index in [1.807, 2.05) is 0 Å². The van der Waals surface area contributed by atoms with Crippen LogP contribution in [-0.4, -0.2) is 16.6 Å². The molecule has 0 radical (unpaired) electrons. The zero-order valence-electron chi connectivity index (χ0n) is 14.5. The lowest BCUT2D eigenvalue weighted by Gasteiger charge is -2.60. The summed E-state index contributed by atoms with van der Waals surface area (Å²) >= 11 is 6.50. The van der Waals surface area contributed by atoms with E-state index >= 15 is 0 Å². The number of aliphatic hydroxyl groups is 1. The number of alkyl halides is 1. The predicted octanol–water partition coefficient (Wildman–Crippen LogP) is 5.24. The number of hydrogen-bond donors (Lipinski definition) is 1. The monoisotopic (exact) mass is 324 g/mol. The number of fused-ring (bicyclic) bond motifs is 5. The molecule has 0 aromatic heterocycles. The summed E-state index contributed by atoms with van der Waals surface area (Å²) in [6, 6.07) is 0.